The lowest BCUT2D eigenvalue weighted by Crippen LogP contribution is -2.29. The van der Waals surface area contributed by atoms with Crippen molar-refractivity contribution in [1.82, 2.24) is 4.98 Å². The van der Waals surface area contributed by atoms with Crippen LogP contribution < -0.4 is 9.64 Å². The van der Waals surface area contributed by atoms with Gasteiger partial charge >= 0.3 is 0 Å². The molecule has 1 N–H and O–H groups in total. The van der Waals surface area contributed by atoms with Crippen LogP contribution in [0.1, 0.15) is 28.4 Å². The van der Waals surface area contributed by atoms with Crippen LogP contribution in [0.2, 0.25) is 0 Å². The summed E-state index contributed by atoms with van der Waals surface area (Å²) in [4.78, 5) is 31.8. The van der Waals surface area contributed by atoms with Crippen molar-refractivity contribution >= 4 is 23.1 Å². The fourth-order valence-electron chi connectivity index (χ4n) is 4.06. The number of Topliss-reactive ketones (excluding diaryl/α,β-unsaturated/α-hetero) is 1. The molecule has 2 heterocycles. The largest absolute Gasteiger partial charge is 0.507 e. The molecule has 1 saturated heterocycles. The highest BCUT2D eigenvalue weighted by molar-refractivity contribution is 6.51. The maximum atomic E-state index is 13.5. The summed E-state index contributed by atoms with van der Waals surface area (Å²) in [7, 11) is 1.47. The molecule has 0 bridgehead atoms. The van der Waals surface area contributed by atoms with Gasteiger partial charge in [0.05, 0.1) is 23.9 Å². The van der Waals surface area contributed by atoms with E-state index in [1.54, 1.807) is 24.3 Å². The molecule has 4 rings (SSSR count). The molecule has 1 fully saturated rings. The smallest absolute Gasteiger partial charge is 0.300 e. The molecule has 0 saturated carbocycles. The monoisotopic (exact) mass is 432 g/mol. The van der Waals surface area contributed by atoms with Gasteiger partial charge in [-0.15, -0.1) is 0 Å². The second-order valence-electron chi connectivity index (χ2n) is 7.56. The molecule has 162 valence electrons. The van der Waals surface area contributed by atoms with Crippen LogP contribution in [0.4, 0.5) is 10.1 Å². The zero-order chi connectivity index (χ0) is 23.0. The van der Waals surface area contributed by atoms with Gasteiger partial charge in [-0.25, -0.2) is 4.39 Å². The Kier molecular flexibility index (Phi) is 5.48. The summed E-state index contributed by atoms with van der Waals surface area (Å²) in [6.07, 6.45) is 1.54. The highest BCUT2D eigenvalue weighted by atomic mass is 19.1. The van der Waals surface area contributed by atoms with E-state index >= 15 is 0 Å². The highest BCUT2D eigenvalue weighted by Crippen LogP contribution is 2.43. The van der Waals surface area contributed by atoms with E-state index in [1.807, 2.05) is 19.9 Å². The molecular formula is C25H21FN2O4. The highest BCUT2D eigenvalue weighted by Gasteiger charge is 2.47. The Balaban J connectivity index is 1.99. The molecule has 1 atom stereocenters. The van der Waals surface area contributed by atoms with Crippen LogP contribution in [0, 0.1) is 19.7 Å². The molecule has 0 aliphatic carbocycles. The lowest BCUT2D eigenvalue weighted by Gasteiger charge is -2.24. The van der Waals surface area contributed by atoms with Crippen LogP contribution in [-0.2, 0) is 9.59 Å². The fraction of sp³-hybridized carbons (Fsp3) is 0.160. The second kappa shape index (κ2) is 8.26. The van der Waals surface area contributed by atoms with Gasteiger partial charge < -0.3 is 9.84 Å². The average Bonchev–Trinajstić information content (AvgIpc) is 3.04. The molecule has 1 amide bonds. The summed E-state index contributed by atoms with van der Waals surface area (Å²) in [5.41, 5.74) is 2.53. The molecule has 7 heteroatoms. The number of amides is 1. The third kappa shape index (κ3) is 3.51. The number of benzene rings is 2. The first-order chi connectivity index (χ1) is 15.3. The van der Waals surface area contributed by atoms with Gasteiger partial charge in [-0.3, -0.25) is 19.5 Å². The molecule has 0 radical (unpaired) electrons. The molecule has 2 aromatic carbocycles. The number of carbonyl (C=O) groups is 2. The van der Waals surface area contributed by atoms with E-state index in [9.17, 15) is 19.1 Å². The SMILES string of the molecule is COc1c(C)cc(C)cc1/C(O)=C1\C(=O)C(=O)N(c2ccc(F)cc2)C1c1ccccn1. The van der Waals surface area contributed by atoms with Crippen LogP contribution in [0.15, 0.2) is 66.4 Å². The number of aryl methyl sites for hydroxylation is 2. The molecular weight excluding hydrogens is 411 g/mol. The predicted molar refractivity (Wildman–Crippen MR) is 118 cm³/mol. The number of aliphatic hydroxyl groups excluding tert-OH is 1. The number of aromatic nitrogens is 1. The van der Waals surface area contributed by atoms with E-state index < -0.39 is 23.5 Å². The first kappa shape index (κ1) is 21.2. The van der Waals surface area contributed by atoms with E-state index in [0.717, 1.165) is 11.1 Å². The lowest BCUT2D eigenvalue weighted by atomic mass is 9.95. The maximum absolute atomic E-state index is 13.5. The average molecular weight is 432 g/mol. The zero-order valence-electron chi connectivity index (χ0n) is 17.8. The third-order valence-electron chi connectivity index (χ3n) is 5.40. The molecule has 32 heavy (non-hydrogen) atoms. The number of ketones is 1. The summed E-state index contributed by atoms with van der Waals surface area (Å²) in [5.74, 6) is -2.12. The van der Waals surface area contributed by atoms with Gasteiger partial charge in [-0.1, -0.05) is 12.1 Å². The van der Waals surface area contributed by atoms with Crippen LogP contribution in [0.25, 0.3) is 5.76 Å². The number of rotatable bonds is 4. The number of halogens is 1. The second-order valence-corrected chi connectivity index (χ2v) is 7.56. The first-order valence-electron chi connectivity index (χ1n) is 9.96. The minimum absolute atomic E-state index is 0.110. The normalized spacial score (nSPS) is 17.6. The Morgan fingerprint density at radius 3 is 2.44 bits per heavy atom. The van der Waals surface area contributed by atoms with Gasteiger partial charge in [0.2, 0.25) is 0 Å². The molecule has 1 aromatic heterocycles. The van der Waals surface area contributed by atoms with Crippen molar-refractivity contribution in [2.45, 2.75) is 19.9 Å². The van der Waals surface area contributed by atoms with Crippen molar-refractivity contribution in [2.75, 3.05) is 12.0 Å². The molecule has 0 spiro atoms. The van der Waals surface area contributed by atoms with E-state index in [2.05, 4.69) is 4.98 Å². The fourth-order valence-corrected chi connectivity index (χ4v) is 4.06. The number of aliphatic hydroxyl groups is 1. The summed E-state index contributed by atoms with van der Waals surface area (Å²) in [6.45, 7) is 3.69. The number of ether oxygens (including phenoxy) is 1. The molecule has 3 aromatic rings. The van der Waals surface area contributed by atoms with Crippen LogP contribution >= 0.6 is 0 Å². The number of pyridine rings is 1. The van der Waals surface area contributed by atoms with Crippen molar-refractivity contribution in [3.63, 3.8) is 0 Å². The Labute approximate surface area is 184 Å². The van der Waals surface area contributed by atoms with E-state index in [1.165, 1.54) is 42.5 Å². The van der Waals surface area contributed by atoms with Gasteiger partial charge in [-0.05, 0) is 67.4 Å². The minimum Gasteiger partial charge on any atom is -0.507 e. The van der Waals surface area contributed by atoms with E-state index in [-0.39, 0.29) is 11.3 Å². The topological polar surface area (TPSA) is 79.7 Å². The molecule has 6 nitrogen and oxygen atoms in total. The van der Waals surface area contributed by atoms with Crippen LogP contribution in [0.5, 0.6) is 5.75 Å². The standard InChI is InChI=1S/C25H21FN2O4/c1-14-12-15(2)24(32-3)18(13-14)22(29)20-21(19-6-4-5-11-27-19)28(25(31)23(20)30)17-9-7-16(26)8-10-17/h4-13,21,29H,1-3H3/b22-20+. The summed E-state index contributed by atoms with van der Waals surface area (Å²) < 4.78 is 19.0. The zero-order valence-corrected chi connectivity index (χ0v) is 17.8. The maximum Gasteiger partial charge on any atom is 0.300 e. The lowest BCUT2D eigenvalue weighted by molar-refractivity contribution is -0.132. The number of carbonyl (C=O) groups excluding carboxylic acids is 2. The molecule has 1 unspecified atom stereocenters. The van der Waals surface area contributed by atoms with Crippen molar-refractivity contribution in [3.8, 4) is 5.75 Å². The van der Waals surface area contributed by atoms with Gasteiger partial charge in [0, 0.05) is 11.9 Å². The van der Waals surface area contributed by atoms with Gasteiger partial charge in [-0.2, -0.15) is 0 Å². The van der Waals surface area contributed by atoms with Crippen molar-refractivity contribution in [1.29, 1.82) is 0 Å². The predicted octanol–water partition coefficient (Wildman–Crippen LogP) is 4.47. The Hall–Kier alpha value is -4.00. The van der Waals surface area contributed by atoms with Gasteiger partial charge in [0.25, 0.3) is 11.7 Å². The van der Waals surface area contributed by atoms with Crippen LogP contribution in [0.3, 0.4) is 0 Å². The van der Waals surface area contributed by atoms with Gasteiger partial charge in [0.1, 0.15) is 23.4 Å². The molecule has 1 aliphatic heterocycles. The number of hydrogen-bond acceptors (Lipinski definition) is 5. The van der Waals surface area contributed by atoms with Crippen molar-refractivity contribution < 1.29 is 23.8 Å². The Morgan fingerprint density at radius 2 is 1.81 bits per heavy atom. The summed E-state index contributed by atoms with van der Waals surface area (Å²) >= 11 is 0. The number of methoxy groups -OCH3 is 1. The van der Waals surface area contributed by atoms with E-state index in [0.29, 0.717) is 22.7 Å². The van der Waals surface area contributed by atoms with Crippen molar-refractivity contribution in [3.05, 3.63) is 94.6 Å². The van der Waals surface area contributed by atoms with E-state index in [4.69, 9.17) is 4.74 Å². The van der Waals surface area contributed by atoms with Crippen molar-refractivity contribution in [2.24, 2.45) is 0 Å². The quantitative estimate of drug-likeness (QED) is 0.374. The number of nitrogens with zero attached hydrogens (tertiary/aromatic N) is 2. The third-order valence-corrected chi connectivity index (χ3v) is 5.40. The Bertz CT molecular complexity index is 1240. The Morgan fingerprint density at radius 1 is 1.09 bits per heavy atom. The number of hydrogen-bond donors (Lipinski definition) is 1. The van der Waals surface area contributed by atoms with Crippen LogP contribution in [-0.4, -0.2) is 28.9 Å². The summed E-state index contributed by atoms with van der Waals surface area (Å²) in [6, 6.07) is 12.9. The number of anilines is 1. The van der Waals surface area contributed by atoms with Gasteiger partial charge in [0.15, 0.2) is 0 Å². The first-order valence-corrected chi connectivity index (χ1v) is 9.96. The summed E-state index contributed by atoms with van der Waals surface area (Å²) in [5, 5.41) is 11.3. The minimum atomic E-state index is -0.993. The molecule has 1 aliphatic rings.